The maximum atomic E-state index is 7.02. The minimum Gasteiger partial charge on any atom is -0.200 e. The summed E-state index contributed by atoms with van der Waals surface area (Å²) in [5.74, 6) is 0. The van der Waals surface area contributed by atoms with E-state index in [0.717, 1.165) is 6.16 Å². The van der Waals surface area contributed by atoms with E-state index in [1.54, 1.807) is 0 Å². The van der Waals surface area contributed by atoms with Crippen molar-refractivity contribution < 1.29 is 9.05 Å². The van der Waals surface area contributed by atoms with Crippen LogP contribution in [-0.2, 0) is 49.8 Å². The molecule has 0 radical (unpaired) electrons. The Hall–Kier alpha value is -1.99. The van der Waals surface area contributed by atoms with Gasteiger partial charge in [-0.25, -0.2) is 0 Å². The Bertz CT molecular complexity index is 1340. The van der Waals surface area contributed by atoms with E-state index in [4.69, 9.17) is 9.05 Å². The first-order chi connectivity index (χ1) is 17.2. The van der Waals surface area contributed by atoms with Crippen LogP contribution in [0.5, 0.6) is 0 Å². The molecule has 3 aromatic carbocycles. The first-order valence-corrected chi connectivity index (χ1v) is 15.6. The topological polar surface area (TPSA) is 18.5 Å². The number of rotatable bonds is 0. The molecular weight excluding hydrogens is 471 g/mol. The largest absolute Gasteiger partial charge is 0.299 e. The van der Waals surface area contributed by atoms with E-state index >= 15 is 0 Å². The van der Waals surface area contributed by atoms with Crippen molar-refractivity contribution in [2.75, 3.05) is 0 Å². The molecule has 0 saturated carbocycles. The first-order valence-electron chi connectivity index (χ1n) is 13.8. The molecule has 2 nitrogen and oxygen atoms in total. The molecule has 194 valence electrons. The molecule has 0 aliphatic carbocycles. The lowest BCUT2D eigenvalue weighted by Crippen LogP contribution is -2.40. The molecule has 3 aromatic rings. The third-order valence-electron chi connectivity index (χ3n) is 8.84. The van der Waals surface area contributed by atoms with Crippen LogP contribution in [0.2, 0.25) is 0 Å². The minimum atomic E-state index is -2.34. The van der Waals surface area contributed by atoms with Gasteiger partial charge in [0.2, 0.25) is 5.16 Å². The van der Waals surface area contributed by atoms with Crippen LogP contribution >= 0.6 is 7.72 Å². The number of hydrogen-bond acceptors (Lipinski definition) is 2. The predicted octanol–water partition coefficient (Wildman–Crippen LogP) is 9.29. The summed E-state index contributed by atoms with van der Waals surface area (Å²) in [6.07, 6.45) is 0.880. The normalized spacial score (nSPS) is 24.6. The van der Waals surface area contributed by atoms with Gasteiger partial charge in [0, 0.05) is 22.3 Å². The fourth-order valence-electron chi connectivity index (χ4n) is 6.53. The standard InChI is InChI=1S/C34H42O2P/c1-31(2,3)25-13-10-22-19-35-37-21-24-12-15-27(33(7,8)9)18-30(24)34(37,28(22)16-25)29-17-26(32(4,5)6)14-11-23(29)20-36-37/h10-18H,19-21H2,1-9H3/q+1. The van der Waals surface area contributed by atoms with Crippen molar-refractivity contribution in [2.24, 2.45) is 0 Å². The van der Waals surface area contributed by atoms with Gasteiger partial charge in [0.25, 0.3) is 7.72 Å². The molecule has 0 unspecified atom stereocenters. The first kappa shape index (κ1) is 25.3. The summed E-state index contributed by atoms with van der Waals surface area (Å²) in [7, 11) is -2.34. The summed E-state index contributed by atoms with van der Waals surface area (Å²) in [5.41, 5.74) is 12.5. The molecular formula is C34H42O2P+. The van der Waals surface area contributed by atoms with Gasteiger partial charge in [0.15, 0.2) is 0 Å². The van der Waals surface area contributed by atoms with Crippen molar-refractivity contribution >= 4 is 7.72 Å². The minimum absolute atomic E-state index is 0.0609. The lowest BCUT2D eigenvalue weighted by molar-refractivity contribution is 0.186. The van der Waals surface area contributed by atoms with E-state index in [1.165, 1.54) is 50.1 Å². The van der Waals surface area contributed by atoms with Gasteiger partial charge in [0.1, 0.15) is 19.4 Å². The van der Waals surface area contributed by atoms with E-state index < -0.39 is 12.9 Å². The van der Waals surface area contributed by atoms with Crippen molar-refractivity contribution in [3.8, 4) is 0 Å². The van der Waals surface area contributed by atoms with Crippen molar-refractivity contribution in [3.63, 3.8) is 0 Å². The second-order valence-electron chi connectivity index (χ2n) is 14.5. The lowest BCUT2D eigenvalue weighted by Gasteiger charge is -2.46. The molecule has 0 spiro atoms. The van der Waals surface area contributed by atoms with E-state index in [2.05, 4.69) is 117 Å². The van der Waals surface area contributed by atoms with Gasteiger partial charge in [-0.2, -0.15) is 9.05 Å². The zero-order valence-electron chi connectivity index (χ0n) is 24.1. The quantitative estimate of drug-likeness (QED) is 0.279. The average Bonchev–Trinajstić information content (AvgIpc) is 3.13. The lowest BCUT2D eigenvalue weighted by atomic mass is 9.73. The number of fused-ring (bicyclic) bond motifs is 3. The van der Waals surface area contributed by atoms with Crippen LogP contribution in [0.25, 0.3) is 0 Å². The van der Waals surface area contributed by atoms with Crippen LogP contribution in [0.3, 0.4) is 0 Å². The second-order valence-corrected chi connectivity index (χ2v) is 17.3. The van der Waals surface area contributed by atoms with E-state index in [1.807, 2.05) is 0 Å². The Balaban J connectivity index is 1.77. The van der Waals surface area contributed by atoms with Gasteiger partial charge in [0.05, 0.1) is 0 Å². The molecule has 3 heteroatoms. The zero-order valence-corrected chi connectivity index (χ0v) is 25.0. The Kier molecular flexibility index (Phi) is 5.32. The molecule has 3 aliphatic rings. The van der Waals surface area contributed by atoms with Crippen molar-refractivity contribution in [1.29, 1.82) is 0 Å². The molecule has 0 atom stereocenters. The highest BCUT2D eigenvalue weighted by Crippen LogP contribution is 2.88. The van der Waals surface area contributed by atoms with Crippen LogP contribution in [0, 0.1) is 0 Å². The third kappa shape index (κ3) is 3.55. The van der Waals surface area contributed by atoms with Gasteiger partial charge < -0.3 is 0 Å². The van der Waals surface area contributed by atoms with E-state index in [9.17, 15) is 0 Å². The monoisotopic (exact) mass is 513 g/mol. The summed E-state index contributed by atoms with van der Waals surface area (Å²) >= 11 is 0. The molecule has 0 amide bonds. The summed E-state index contributed by atoms with van der Waals surface area (Å²) in [6.45, 7) is 22.1. The Morgan fingerprint density at radius 2 is 0.892 bits per heavy atom. The molecule has 37 heavy (non-hydrogen) atoms. The van der Waals surface area contributed by atoms with Gasteiger partial charge >= 0.3 is 0 Å². The number of hydrogen-bond donors (Lipinski definition) is 0. The van der Waals surface area contributed by atoms with Gasteiger partial charge in [-0.05, 0) is 62.3 Å². The maximum absolute atomic E-state index is 7.02. The van der Waals surface area contributed by atoms with Crippen LogP contribution in [0.4, 0.5) is 0 Å². The second kappa shape index (κ2) is 7.78. The van der Waals surface area contributed by atoms with Crippen molar-refractivity contribution in [1.82, 2.24) is 0 Å². The highest BCUT2D eigenvalue weighted by Gasteiger charge is 2.75. The molecule has 0 aromatic heterocycles. The van der Waals surface area contributed by atoms with Gasteiger partial charge in [-0.1, -0.05) is 98.7 Å². The molecule has 0 bridgehead atoms. The van der Waals surface area contributed by atoms with Crippen LogP contribution < -0.4 is 0 Å². The average molecular weight is 514 g/mol. The fraction of sp³-hybridized carbons (Fsp3) is 0.471. The predicted molar refractivity (Wildman–Crippen MR) is 156 cm³/mol. The zero-order chi connectivity index (χ0) is 26.6. The Labute approximate surface area is 224 Å². The van der Waals surface area contributed by atoms with Crippen LogP contribution in [0.1, 0.15) is 112 Å². The highest BCUT2D eigenvalue weighted by molar-refractivity contribution is 7.68. The SMILES string of the molecule is CC(C)(C)c1ccc2c(c1)C13c4cc(C(C)(C)C)ccc4CO[P+]1(Cc1ccc(C(C)(C)C)cc13)OC2. The smallest absolute Gasteiger partial charge is 0.200 e. The van der Waals surface area contributed by atoms with Gasteiger partial charge in [-0.3, -0.25) is 0 Å². The van der Waals surface area contributed by atoms with Gasteiger partial charge in [-0.15, -0.1) is 0 Å². The summed E-state index contributed by atoms with van der Waals surface area (Å²) in [5, 5.41) is -0.396. The summed E-state index contributed by atoms with van der Waals surface area (Å²) < 4.78 is 14.0. The van der Waals surface area contributed by atoms with E-state index in [0.29, 0.717) is 13.2 Å². The molecule has 3 aliphatic heterocycles. The Morgan fingerprint density at radius 1 is 0.541 bits per heavy atom. The molecule has 6 rings (SSSR count). The van der Waals surface area contributed by atoms with Crippen molar-refractivity contribution in [3.05, 3.63) is 105 Å². The number of benzene rings is 3. The van der Waals surface area contributed by atoms with Crippen molar-refractivity contribution in [2.45, 2.75) is 103 Å². The fourth-order valence-corrected chi connectivity index (χ4v) is 10.6. The maximum Gasteiger partial charge on any atom is 0.299 e. The highest BCUT2D eigenvalue weighted by atomic mass is 31.2. The Morgan fingerprint density at radius 3 is 1.27 bits per heavy atom. The summed E-state index contributed by atoms with van der Waals surface area (Å²) in [6, 6.07) is 21.5. The molecule has 0 fully saturated rings. The molecule has 0 saturated heterocycles. The summed E-state index contributed by atoms with van der Waals surface area (Å²) in [4.78, 5) is 0. The van der Waals surface area contributed by atoms with E-state index in [-0.39, 0.29) is 16.2 Å². The van der Waals surface area contributed by atoms with Crippen LogP contribution in [0.15, 0.2) is 54.6 Å². The van der Waals surface area contributed by atoms with Crippen LogP contribution in [-0.4, -0.2) is 0 Å². The molecule has 0 N–H and O–H groups in total. The third-order valence-corrected chi connectivity index (χ3v) is 12.4. The molecule has 3 heterocycles.